The summed E-state index contributed by atoms with van der Waals surface area (Å²) in [7, 11) is 0. The van der Waals surface area contributed by atoms with E-state index >= 15 is 0 Å². The summed E-state index contributed by atoms with van der Waals surface area (Å²) in [6.07, 6.45) is 0.846. The zero-order chi connectivity index (χ0) is 15.2. The predicted octanol–water partition coefficient (Wildman–Crippen LogP) is 2.48. The number of phenols is 1. The van der Waals surface area contributed by atoms with E-state index in [0.29, 0.717) is 18.7 Å². The Hall–Kier alpha value is -2.04. The lowest BCUT2D eigenvalue weighted by atomic mass is 10.1. The average molecular weight is 305 g/mol. The molecule has 21 heavy (non-hydrogen) atoms. The van der Waals surface area contributed by atoms with Gasteiger partial charge in [0.15, 0.2) is 0 Å². The third-order valence-corrected chi connectivity index (χ3v) is 3.42. The van der Waals surface area contributed by atoms with Gasteiger partial charge in [0.2, 0.25) is 0 Å². The standard InChI is InChI=1S/C16H17ClN2O2/c17-14-9-13(5-6-15(14)20)16(21)19-10-12-3-1-11(2-4-12)7-8-18/h1-6,9,20H,7-8,10,18H2,(H,19,21). The molecule has 0 aliphatic heterocycles. The largest absolute Gasteiger partial charge is 0.506 e. The first kappa shape index (κ1) is 15.4. The molecule has 0 aliphatic rings. The number of hydrogen-bond donors (Lipinski definition) is 3. The number of halogens is 1. The number of carbonyl (C=O) groups excluding carboxylic acids is 1. The van der Waals surface area contributed by atoms with E-state index in [1.54, 1.807) is 0 Å². The van der Waals surface area contributed by atoms with Crippen LogP contribution >= 0.6 is 11.6 Å². The number of nitrogens with two attached hydrogens (primary N) is 1. The van der Waals surface area contributed by atoms with Crippen LogP contribution in [0.5, 0.6) is 5.75 Å². The van der Waals surface area contributed by atoms with E-state index in [9.17, 15) is 9.90 Å². The first-order valence-electron chi connectivity index (χ1n) is 6.65. The predicted molar refractivity (Wildman–Crippen MR) is 83.5 cm³/mol. The SMILES string of the molecule is NCCc1ccc(CNC(=O)c2ccc(O)c(Cl)c2)cc1. The van der Waals surface area contributed by atoms with Crippen LogP contribution in [0.3, 0.4) is 0 Å². The summed E-state index contributed by atoms with van der Waals surface area (Å²) in [4.78, 5) is 12.0. The Morgan fingerprint density at radius 2 is 1.81 bits per heavy atom. The fourth-order valence-corrected chi connectivity index (χ4v) is 2.10. The van der Waals surface area contributed by atoms with Gasteiger partial charge >= 0.3 is 0 Å². The lowest BCUT2D eigenvalue weighted by Gasteiger charge is -2.07. The second-order valence-corrected chi connectivity index (χ2v) is 5.11. The highest BCUT2D eigenvalue weighted by atomic mass is 35.5. The molecule has 4 N–H and O–H groups in total. The number of aromatic hydroxyl groups is 1. The Balaban J connectivity index is 1.95. The second-order valence-electron chi connectivity index (χ2n) is 4.70. The van der Waals surface area contributed by atoms with Crippen LogP contribution in [0.2, 0.25) is 5.02 Å². The molecule has 0 atom stereocenters. The van der Waals surface area contributed by atoms with Crippen LogP contribution in [0.15, 0.2) is 42.5 Å². The first-order valence-corrected chi connectivity index (χ1v) is 7.02. The van der Waals surface area contributed by atoms with Crippen molar-refractivity contribution in [3.8, 4) is 5.75 Å². The average Bonchev–Trinajstić information content (AvgIpc) is 2.49. The van der Waals surface area contributed by atoms with E-state index in [1.165, 1.54) is 23.8 Å². The Labute approximate surface area is 128 Å². The van der Waals surface area contributed by atoms with E-state index in [2.05, 4.69) is 5.32 Å². The molecule has 2 aromatic rings. The van der Waals surface area contributed by atoms with Gasteiger partial charge in [0, 0.05) is 12.1 Å². The summed E-state index contributed by atoms with van der Waals surface area (Å²) < 4.78 is 0. The van der Waals surface area contributed by atoms with Crippen molar-refractivity contribution >= 4 is 17.5 Å². The molecule has 2 rings (SSSR count). The fourth-order valence-electron chi connectivity index (χ4n) is 1.92. The number of phenolic OH excluding ortho intramolecular Hbond substituents is 1. The maximum absolute atomic E-state index is 12.0. The van der Waals surface area contributed by atoms with Crippen LogP contribution in [0.1, 0.15) is 21.5 Å². The van der Waals surface area contributed by atoms with Crippen LogP contribution in [-0.2, 0) is 13.0 Å². The van der Waals surface area contributed by atoms with Crippen molar-refractivity contribution in [1.82, 2.24) is 5.32 Å². The van der Waals surface area contributed by atoms with E-state index in [-0.39, 0.29) is 16.7 Å². The molecule has 2 aromatic carbocycles. The Morgan fingerprint density at radius 3 is 2.43 bits per heavy atom. The van der Waals surface area contributed by atoms with Crippen molar-refractivity contribution in [2.45, 2.75) is 13.0 Å². The van der Waals surface area contributed by atoms with Gasteiger partial charge < -0.3 is 16.2 Å². The molecule has 0 aromatic heterocycles. The van der Waals surface area contributed by atoms with Crippen molar-refractivity contribution < 1.29 is 9.90 Å². The third kappa shape index (κ3) is 4.21. The smallest absolute Gasteiger partial charge is 0.251 e. The van der Waals surface area contributed by atoms with Gasteiger partial charge in [-0.15, -0.1) is 0 Å². The number of amides is 1. The van der Waals surface area contributed by atoms with Gasteiger partial charge in [0.05, 0.1) is 5.02 Å². The van der Waals surface area contributed by atoms with Gasteiger partial charge in [0.1, 0.15) is 5.75 Å². The zero-order valence-electron chi connectivity index (χ0n) is 11.5. The summed E-state index contributed by atoms with van der Waals surface area (Å²) >= 11 is 5.78. The van der Waals surface area contributed by atoms with Crippen molar-refractivity contribution in [1.29, 1.82) is 0 Å². The Bertz CT molecular complexity index is 627. The molecule has 0 saturated heterocycles. The van der Waals surface area contributed by atoms with E-state index in [0.717, 1.165) is 12.0 Å². The lowest BCUT2D eigenvalue weighted by molar-refractivity contribution is 0.0951. The molecule has 0 radical (unpaired) electrons. The van der Waals surface area contributed by atoms with Crippen LogP contribution in [0.25, 0.3) is 0 Å². The molecule has 0 saturated carbocycles. The molecule has 0 aliphatic carbocycles. The topological polar surface area (TPSA) is 75.3 Å². The zero-order valence-corrected chi connectivity index (χ0v) is 12.2. The minimum atomic E-state index is -0.233. The fraction of sp³-hybridized carbons (Fsp3) is 0.188. The summed E-state index contributed by atoms with van der Waals surface area (Å²) in [5.74, 6) is -0.272. The van der Waals surface area contributed by atoms with Crippen LogP contribution in [0, 0.1) is 0 Å². The highest BCUT2D eigenvalue weighted by molar-refractivity contribution is 6.32. The maximum atomic E-state index is 12.0. The molecule has 110 valence electrons. The molecular weight excluding hydrogens is 288 g/mol. The molecule has 4 nitrogen and oxygen atoms in total. The molecule has 1 amide bonds. The van der Waals surface area contributed by atoms with Gasteiger partial charge in [0.25, 0.3) is 5.91 Å². The normalized spacial score (nSPS) is 10.4. The van der Waals surface area contributed by atoms with E-state index < -0.39 is 0 Å². The number of hydrogen-bond acceptors (Lipinski definition) is 3. The monoisotopic (exact) mass is 304 g/mol. The Kier molecular flexibility index (Phi) is 5.20. The maximum Gasteiger partial charge on any atom is 0.251 e. The molecule has 0 heterocycles. The van der Waals surface area contributed by atoms with Gasteiger partial charge in [-0.1, -0.05) is 35.9 Å². The summed E-state index contributed by atoms with van der Waals surface area (Å²) in [5.41, 5.74) is 8.10. The van der Waals surface area contributed by atoms with Crippen LogP contribution in [-0.4, -0.2) is 17.6 Å². The summed E-state index contributed by atoms with van der Waals surface area (Å²) in [6, 6.07) is 12.3. The molecule has 0 bridgehead atoms. The molecule has 0 fully saturated rings. The molecule has 0 spiro atoms. The van der Waals surface area contributed by atoms with Crippen molar-refractivity contribution in [2.24, 2.45) is 5.73 Å². The van der Waals surface area contributed by atoms with Crippen LogP contribution in [0.4, 0.5) is 0 Å². The minimum Gasteiger partial charge on any atom is -0.506 e. The lowest BCUT2D eigenvalue weighted by Crippen LogP contribution is -2.22. The first-order chi connectivity index (χ1) is 10.1. The number of benzene rings is 2. The molecule has 0 unspecified atom stereocenters. The van der Waals surface area contributed by atoms with Crippen molar-refractivity contribution in [3.63, 3.8) is 0 Å². The number of nitrogens with one attached hydrogen (secondary N) is 1. The number of rotatable bonds is 5. The van der Waals surface area contributed by atoms with Gasteiger partial charge in [-0.05, 0) is 42.3 Å². The Morgan fingerprint density at radius 1 is 1.14 bits per heavy atom. The van der Waals surface area contributed by atoms with Gasteiger partial charge in [-0.2, -0.15) is 0 Å². The molecule has 5 heteroatoms. The third-order valence-electron chi connectivity index (χ3n) is 3.12. The van der Waals surface area contributed by atoms with Gasteiger partial charge in [-0.25, -0.2) is 0 Å². The summed E-state index contributed by atoms with van der Waals surface area (Å²) in [5, 5.41) is 12.3. The van der Waals surface area contributed by atoms with Gasteiger partial charge in [-0.3, -0.25) is 4.79 Å². The second kappa shape index (κ2) is 7.11. The minimum absolute atomic E-state index is 0.0382. The highest BCUT2D eigenvalue weighted by Gasteiger charge is 2.08. The highest BCUT2D eigenvalue weighted by Crippen LogP contribution is 2.23. The summed E-state index contributed by atoms with van der Waals surface area (Å²) in [6.45, 7) is 1.05. The quantitative estimate of drug-likeness (QED) is 0.794. The number of carbonyl (C=O) groups is 1. The van der Waals surface area contributed by atoms with E-state index in [4.69, 9.17) is 17.3 Å². The van der Waals surface area contributed by atoms with E-state index in [1.807, 2.05) is 24.3 Å². The molecular formula is C16H17ClN2O2. The van der Waals surface area contributed by atoms with Crippen LogP contribution < -0.4 is 11.1 Å². The van der Waals surface area contributed by atoms with Crippen molar-refractivity contribution in [2.75, 3.05) is 6.54 Å². The van der Waals surface area contributed by atoms with Crippen molar-refractivity contribution in [3.05, 3.63) is 64.2 Å².